The highest BCUT2D eigenvalue weighted by atomic mass is 16.6. The van der Waals surface area contributed by atoms with Crippen molar-refractivity contribution in [2.45, 2.75) is 46.6 Å². The van der Waals surface area contributed by atoms with Crippen molar-refractivity contribution in [2.24, 2.45) is 0 Å². The molecule has 110 valence electrons. The number of hydrogen-bond acceptors (Lipinski definition) is 5. The number of rotatable bonds is 6. The van der Waals surface area contributed by atoms with Crippen molar-refractivity contribution in [3.05, 3.63) is 0 Å². The van der Waals surface area contributed by atoms with Crippen LogP contribution >= 0.6 is 0 Å². The first-order valence-corrected chi connectivity index (χ1v) is 6.34. The standard InChI is InChI=1S/C13H23NO5/c1-6-10(15)8-14(9-11(16)18-7-2)12(17)19-13(3,4)5/h6-9H2,1-5H3. The van der Waals surface area contributed by atoms with Gasteiger partial charge < -0.3 is 9.47 Å². The topological polar surface area (TPSA) is 72.9 Å². The summed E-state index contributed by atoms with van der Waals surface area (Å²) in [5.41, 5.74) is -0.681. The van der Waals surface area contributed by atoms with Crippen molar-refractivity contribution < 1.29 is 23.9 Å². The minimum Gasteiger partial charge on any atom is -0.465 e. The Morgan fingerprint density at radius 1 is 1.05 bits per heavy atom. The Hall–Kier alpha value is -1.59. The highest BCUT2D eigenvalue weighted by Gasteiger charge is 2.25. The molecule has 0 bridgehead atoms. The fourth-order valence-electron chi connectivity index (χ4n) is 1.20. The predicted octanol–water partition coefficient (Wildman–Crippen LogP) is 1.77. The van der Waals surface area contributed by atoms with Gasteiger partial charge in [-0.05, 0) is 27.7 Å². The van der Waals surface area contributed by atoms with E-state index in [9.17, 15) is 14.4 Å². The monoisotopic (exact) mass is 273 g/mol. The molecular formula is C13H23NO5. The second kappa shape index (κ2) is 7.76. The van der Waals surface area contributed by atoms with Gasteiger partial charge in [-0.15, -0.1) is 0 Å². The summed E-state index contributed by atoms with van der Waals surface area (Å²) in [6, 6.07) is 0. The van der Waals surface area contributed by atoms with Crippen LogP contribution < -0.4 is 0 Å². The number of Topliss-reactive ketones (excluding diaryl/α,β-unsaturated/α-hetero) is 1. The van der Waals surface area contributed by atoms with Gasteiger partial charge in [0, 0.05) is 6.42 Å². The van der Waals surface area contributed by atoms with Crippen molar-refractivity contribution in [1.82, 2.24) is 4.90 Å². The van der Waals surface area contributed by atoms with E-state index >= 15 is 0 Å². The molecule has 0 spiro atoms. The summed E-state index contributed by atoms with van der Waals surface area (Å²) in [6.07, 6.45) is -0.398. The van der Waals surface area contributed by atoms with Crippen molar-refractivity contribution in [3.8, 4) is 0 Å². The van der Waals surface area contributed by atoms with Crippen LogP contribution in [0.25, 0.3) is 0 Å². The molecule has 19 heavy (non-hydrogen) atoms. The second-order valence-corrected chi connectivity index (χ2v) is 5.03. The third-order valence-corrected chi connectivity index (χ3v) is 2.04. The fraction of sp³-hybridized carbons (Fsp3) is 0.769. The van der Waals surface area contributed by atoms with Gasteiger partial charge in [0.15, 0.2) is 5.78 Å². The van der Waals surface area contributed by atoms with Gasteiger partial charge in [0.25, 0.3) is 0 Å². The van der Waals surface area contributed by atoms with Crippen molar-refractivity contribution in [3.63, 3.8) is 0 Å². The Morgan fingerprint density at radius 3 is 2.05 bits per heavy atom. The summed E-state index contributed by atoms with van der Waals surface area (Å²) >= 11 is 0. The first kappa shape index (κ1) is 17.4. The molecule has 0 aromatic heterocycles. The predicted molar refractivity (Wildman–Crippen MR) is 69.7 cm³/mol. The van der Waals surface area contributed by atoms with Gasteiger partial charge in [-0.2, -0.15) is 0 Å². The summed E-state index contributed by atoms with van der Waals surface area (Å²) in [6.45, 7) is 8.31. The van der Waals surface area contributed by atoms with Gasteiger partial charge in [-0.25, -0.2) is 4.79 Å². The quantitative estimate of drug-likeness (QED) is 0.689. The first-order valence-electron chi connectivity index (χ1n) is 6.34. The number of ether oxygens (including phenoxy) is 2. The van der Waals surface area contributed by atoms with Crippen molar-refractivity contribution in [2.75, 3.05) is 19.7 Å². The molecular weight excluding hydrogens is 250 g/mol. The molecule has 0 atom stereocenters. The van der Waals surface area contributed by atoms with E-state index < -0.39 is 17.7 Å². The Morgan fingerprint density at radius 2 is 1.63 bits per heavy atom. The Bertz CT molecular complexity index is 332. The summed E-state index contributed by atoms with van der Waals surface area (Å²) in [4.78, 5) is 35.8. The molecule has 0 aliphatic carbocycles. The largest absolute Gasteiger partial charge is 0.465 e. The van der Waals surface area contributed by atoms with E-state index in [4.69, 9.17) is 9.47 Å². The normalized spacial score (nSPS) is 10.8. The maximum absolute atomic E-state index is 11.9. The zero-order valence-corrected chi connectivity index (χ0v) is 12.3. The van der Waals surface area contributed by atoms with Gasteiger partial charge in [-0.3, -0.25) is 14.5 Å². The first-order chi connectivity index (χ1) is 8.69. The number of amides is 1. The lowest BCUT2D eigenvalue weighted by molar-refractivity contribution is -0.144. The summed E-state index contributed by atoms with van der Waals surface area (Å²) in [5.74, 6) is -0.701. The number of carbonyl (C=O) groups excluding carboxylic acids is 3. The van der Waals surface area contributed by atoms with Crippen LogP contribution in [0.15, 0.2) is 0 Å². The Labute approximate surface area is 114 Å². The fourth-order valence-corrected chi connectivity index (χ4v) is 1.20. The molecule has 0 N–H and O–H groups in total. The SMILES string of the molecule is CCOC(=O)CN(CC(=O)CC)C(=O)OC(C)(C)C. The molecule has 0 aromatic carbocycles. The molecule has 6 heteroatoms. The zero-order chi connectivity index (χ0) is 15.1. The van der Waals surface area contributed by atoms with E-state index in [1.807, 2.05) is 0 Å². The lowest BCUT2D eigenvalue weighted by Crippen LogP contribution is -2.42. The van der Waals surface area contributed by atoms with Gasteiger partial charge in [0.05, 0.1) is 13.2 Å². The van der Waals surface area contributed by atoms with E-state index in [0.29, 0.717) is 6.42 Å². The zero-order valence-electron chi connectivity index (χ0n) is 12.3. The van der Waals surface area contributed by atoms with E-state index in [1.54, 1.807) is 34.6 Å². The summed E-state index contributed by atoms with van der Waals surface area (Å²) < 4.78 is 9.92. The number of esters is 1. The van der Waals surface area contributed by atoms with Crippen LogP contribution in [0.1, 0.15) is 41.0 Å². The molecule has 0 aromatic rings. The van der Waals surface area contributed by atoms with Crippen LogP contribution in [0.2, 0.25) is 0 Å². The Kier molecular flexibility index (Phi) is 7.11. The number of ketones is 1. The minimum absolute atomic E-state index is 0.143. The third kappa shape index (κ3) is 8.18. The van der Waals surface area contributed by atoms with Crippen LogP contribution in [0, 0.1) is 0 Å². The maximum Gasteiger partial charge on any atom is 0.411 e. The van der Waals surface area contributed by atoms with Crippen molar-refractivity contribution >= 4 is 17.8 Å². The van der Waals surface area contributed by atoms with Gasteiger partial charge in [-0.1, -0.05) is 6.92 Å². The Balaban J connectivity index is 4.70. The minimum atomic E-state index is -0.692. The molecule has 0 fully saturated rings. The van der Waals surface area contributed by atoms with Gasteiger partial charge in [0.1, 0.15) is 12.1 Å². The van der Waals surface area contributed by atoms with Crippen molar-refractivity contribution in [1.29, 1.82) is 0 Å². The molecule has 0 radical (unpaired) electrons. The number of carbonyl (C=O) groups is 3. The van der Waals surface area contributed by atoms with E-state index in [1.165, 1.54) is 0 Å². The average molecular weight is 273 g/mol. The highest BCUT2D eigenvalue weighted by molar-refractivity contribution is 5.86. The van der Waals surface area contributed by atoms with Gasteiger partial charge in [0.2, 0.25) is 0 Å². The molecule has 0 heterocycles. The van der Waals surface area contributed by atoms with Crippen LogP contribution in [0.5, 0.6) is 0 Å². The molecule has 0 saturated carbocycles. The molecule has 0 rings (SSSR count). The molecule has 6 nitrogen and oxygen atoms in total. The number of nitrogens with zero attached hydrogens (tertiary/aromatic N) is 1. The van der Waals surface area contributed by atoms with Gasteiger partial charge >= 0.3 is 12.1 Å². The lowest BCUT2D eigenvalue weighted by Gasteiger charge is -2.26. The molecule has 0 saturated heterocycles. The van der Waals surface area contributed by atoms with Crippen LogP contribution in [0.4, 0.5) is 4.79 Å². The third-order valence-electron chi connectivity index (χ3n) is 2.04. The summed E-state index contributed by atoms with van der Waals surface area (Å²) in [5, 5.41) is 0. The molecule has 0 aliphatic heterocycles. The molecule has 1 amide bonds. The summed E-state index contributed by atoms with van der Waals surface area (Å²) in [7, 11) is 0. The second-order valence-electron chi connectivity index (χ2n) is 5.03. The molecule has 0 unspecified atom stereocenters. The lowest BCUT2D eigenvalue weighted by atomic mass is 10.2. The molecule has 0 aliphatic rings. The average Bonchev–Trinajstić information content (AvgIpc) is 2.25. The highest BCUT2D eigenvalue weighted by Crippen LogP contribution is 2.10. The smallest absolute Gasteiger partial charge is 0.411 e. The van der Waals surface area contributed by atoms with Crippen LogP contribution in [-0.4, -0.2) is 48.0 Å². The number of hydrogen-bond donors (Lipinski definition) is 0. The van der Waals surface area contributed by atoms with Crippen LogP contribution in [0.3, 0.4) is 0 Å². The van der Waals surface area contributed by atoms with Crippen LogP contribution in [-0.2, 0) is 19.1 Å². The van der Waals surface area contributed by atoms with E-state index in [2.05, 4.69) is 0 Å². The van der Waals surface area contributed by atoms with E-state index in [0.717, 1.165) is 4.90 Å². The maximum atomic E-state index is 11.9. The van der Waals surface area contributed by atoms with E-state index in [-0.39, 0.29) is 25.5 Å².